The number of hydrogen-bond acceptors (Lipinski definition) is 3. The van der Waals surface area contributed by atoms with E-state index in [4.69, 9.17) is 5.73 Å². The molecule has 98 valence electrons. The van der Waals surface area contributed by atoms with E-state index in [9.17, 15) is 4.79 Å². The molecular weight excluding hydrogens is 238 g/mol. The van der Waals surface area contributed by atoms with Crippen LogP contribution in [0.4, 0.5) is 11.4 Å². The molecule has 2 aromatic rings. The summed E-state index contributed by atoms with van der Waals surface area (Å²) in [6, 6.07) is 9.03. The third-order valence-electron chi connectivity index (χ3n) is 3.03. The lowest BCUT2D eigenvalue weighted by molar-refractivity contribution is 0.0988. The van der Waals surface area contributed by atoms with Crippen LogP contribution >= 0.6 is 0 Å². The van der Waals surface area contributed by atoms with Crippen LogP contribution in [0.5, 0.6) is 0 Å². The van der Waals surface area contributed by atoms with E-state index in [1.807, 2.05) is 32.0 Å². The second kappa shape index (κ2) is 5.52. The van der Waals surface area contributed by atoms with Gasteiger partial charge in [0.1, 0.15) is 0 Å². The van der Waals surface area contributed by atoms with E-state index in [1.165, 1.54) is 0 Å². The van der Waals surface area contributed by atoms with Crippen molar-refractivity contribution in [3.63, 3.8) is 0 Å². The number of nitrogens with zero attached hydrogens (tertiary/aromatic N) is 2. The molecule has 2 rings (SSSR count). The number of aryl methyl sites for hydroxylation is 1. The normalized spacial score (nSPS) is 10.2. The minimum atomic E-state index is -0.0431. The molecule has 0 unspecified atom stereocenters. The highest BCUT2D eigenvalue weighted by Crippen LogP contribution is 2.19. The standard InChI is InChI=1S/C15H17N3O/c1-3-18(13-6-8-17-9-7-13)15(19)14-10-12(16)5-4-11(14)2/h4-10H,3,16H2,1-2H3. The average Bonchev–Trinajstić information content (AvgIpc) is 2.43. The van der Waals surface area contributed by atoms with Gasteiger partial charge in [-0.3, -0.25) is 9.78 Å². The SMILES string of the molecule is CCN(C(=O)c1cc(N)ccc1C)c1ccncc1. The van der Waals surface area contributed by atoms with Crippen molar-refractivity contribution in [2.24, 2.45) is 0 Å². The average molecular weight is 255 g/mol. The minimum Gasteiger partial charge on any atom is -0.399 e. The zero-order valence-electron chi connectivity index (χ0n) is 11.1. The van der Waals surface area contributed by atoms with Gasteiger partial charge in [0, 0.05) is 35.9 Å². The molecule has 0 fully saturated rings. The van der Waals surface area contributed by atoms with Crippen LogP contribution in [0.2, 0.25) is 0 Å². The Morgan fingerprint density at radius 3 is 2.58 bits per heavy atom. The zero-order chi connectivity index (χ0) is 13.8. The minimum absolute atomic E-state index is 0.0431. The van der Waals surface area contributed by atoms with Gasteiger partial charge in [0.25, 0.3) is 5.91 Å². The predicted octanol–water partition coefficient (Wildman–Crippen LogP) is 2.64. The Balaban J connectivity index is 2.39. The number of nitrogen functional groups attached to an aromatic ring is 1. The molecular formula is C15H17N3O. The first kappa shape index (κ1) is 13.1. The van der Waals surface area contributed by atoms with Crippen molar-refractivity contribution in [2.45, 2.75) is 13.8 Å². The van der Waals surface area contributed by atoms with Crippen molar-refractivity contribution >= 4 is 17.3 Å². The number of nitrogens with two attached hydrogens (primary N) is 1. The Hall–Kier alpha value is -2.36. The molecule has 4 heteroatoms. The topological polar surface area (TPSA) is 59.2 Å². The second-order valence-corrected chi connectivity index (χ2v) is 4.33. The molecule has 0 radical (unpaired) electrons. The van der Waals surface area contributed by atoms with Crippen molar-refractivity contribution in [3.8, 4) is 0 Å². The van der Waals surface area contributed by atoms with Crippen molar-refractivity contribution < 1.29 is 4.79 Å². The van der Waals surface area contributed by atoms with Crippen molar-refractivity contribution in [1.82, 2.24) is 4.98 Å². The molecule has 1 aromatic heterocycles. The number of carbonyl (C=O) groups excluding carboxylic acids is 1. The van der Waals surface area contributed by atoms with Crippen LogP contribution in [0, 0.1) is 6.92 Å². The first-order chi connectivity index (χ1) is 9.13. The van der Waals surface area contributed by atoms with Crippen LogP contribution in [0.25, 0.3) is 0 Å². The fraction of sp³-hybridized carbons (Fsp3) is 0.200. The maximum Gasteiger partial charge on any atom is 0.258 e. The molecule has 4 nitrogen and oxygen atoms in total. The van der Waals surface area contributed by atoms with Gasteiger partial charge in [-0.15, -0.1) is 0 Å². The fourth-order valence-corrected chi connectivity index (χ4v) is 1.98. The maximum absolute atomic E-state index is 12.6. The molecule has 0 aliphatic carbocycles. The monoisotopic (exact) mass is 255 g/mol. The van der Waals surface area contributed by atoms with Gasteiger partial charge in [0.15, 0.2) is 0 Å². The van der Waals surface area contributed by atoms with E-state index >= 15 is 0 Å². The second-order valence-electron chi connectivity index (χ2n) is 4.33. The number of rotatable bonds is 3. The summed E-state index contributed by atoms with van der Waals surface area (Å²) in [5, 5.41) is 0. The van der Waals surface area contributed by atoms with E-state index < -0.39 is 0 Å². The molecule has 19 heavy (non-hydrogen) atoms. The number of hydrogen-bond donors (Lipinski definition) is 1. The highest BCUT2D eigenvalue weighted by molar-refractivity contribution is 6.07. The number of anilines is 2. The summed E-state index contributed by atoms with van der Waals surface area (Å²) in [5.74, 6) is -0.0431. The van der Waals surface area contributed by atoms with Gasteiger partial charge in [-0.2, -0.15) is 0 Å². The summed E-state index contributed by atoms with van der Waals surface area (Å²) < 4.78 is 0. The molecule has 1 aromatic carbocycles. The Morgan fingerprint density at radius 1 is 1.26 bits per heavy atom. The Morgan fingerprint density at radius 2 is 1.95 bits per heavy atom. The summed E-state index contributed by atoms with van der Waals surface area (Å²) in [7, 11) is 0. The van der Waals surface area contributed by atoms with Crippen LogP contribution in [0.3, 0.4) is 0 Å². The Bertz CT molecular complexity index is 581. The van der Waals surface area contributed by atoms with Crippen LogP contribution in [-0.4, -0.2) is 17.4 Å². The van der Waals surface area contributed by atoms with Gasteiger partial charge in [0.05, 0.1) is 0 Å². The number of amides is 1. The summed E-state index contributed by atoms with van der Waals surface area (Å²) in [6.07, 6.45) is 3.36. The summed E-state index contributed by atoms with van der Waals surface area (Å²) >= 11 is 0. The lowest BCUT2D eigenvalue weighted by Gasteiger charge is -2.22. The van der Waals surface area contributed by atoms with Crippen LogP contribution in [0.1, 0.15) is 22.8 Å². The third-order valence-corrected chi connectivity index (χ3v) is 3.03. The molecule has 0 aliphatic heterocycles. The molecule has 0 saturated heterocycles. The van der Waals surface area contributed by atoms with Gasteiger partial charge in [-0.05, 0) is 43.7 Å². The van der Waals surface area contributed by atoms with Crippen LogP contribution in [0.15, 0.2) is 42.7 Å². The summed E-state index contributed by atoms with van der Waals surface area (Å²) in [6.45, 7) is 4.45. The van der Waals surface area contributed by atoms with E-state index in [2.05, 4.69) is 4.98 Å². The molecule has 0 aliphatic rings. The molecule has 0 bridgehead atoms. The van der Waals surface area contributed by atoms with E-state index in [1.54, 1.807) is 29.4 Å². The molecule has 0 saturated carbocycles. The van der Waals surface area contributed by atoms with Gasteiger partial charge in [-0.25, -0.2) is 0 Å². The van der Waals surface area contributed by atoms with Gasteiger partial charge in [-0.1, -0.05) is 6.07 Å². The Labute approximate surface area is 112 Å². The number of carbonyl (C=O) groups is 1. The quantitative estimate of drug-likeness (QED) is 0.858. The van der Waals surface area contributed by atoms with E-state index in [0.717, 1.165) is 11.3 Å². The third kappa shape index (κ3) is 2.73. The lowest BCUT2D eigenvalue weighted by atomic mass is 10.1. The van der Waals surface area contributed by atoms with E-state index in [-0.39, 0.29) is 5.91 Å². The first-order valence-corrected chi connectivity index (χ1v) is 6.21. The largest absolute Gasteiger partial charge is 0.399 e. The summed E-state index contributed by atoms with van der Waals surface area (Å²) in [5.41, 5.74) is 8.76. The van der Waals surface area contributed by atoms with Crippen LogP contribution in [-0.2, 0) is 0 Å². The fourth-order valence-electron chi connectivity index (χ4n) is 1.98. The van der Waals surface area contributed by atoms with Gasteiger partial charge in [0.2, 0.25) is 0 Å². The van der Waals surface area contributed by atoms with Crippen LogP contribution < -0.4 is 10.6 Å². The molecule has 1 amide bonds. The van der Waals surface area contributed by atoms with Crippen molar-refractivity contribution in [2.75, 3.05) is 17.2 Å². The van der Waals surface area contributed by atoms with Gasteiger partial charge >= 0.3 is 0 Å². The smallest absolute Gasteiger partial charge is 0.258 e. The molecule has 1 heterocycles. The zero-order valence-corrected chi connectivity index (χ0v) is 11.1. The summed E-state index contributed by atoms with van der Waals surface area (Å²) in [4.78, 5) is 18.3. The molecule has 2 N–H and O–H groups in total. The number of pyridine rings is 1. The van der Waals surface area contributed by atoms with Gasteiger partial charge < -0.3 is 10.6 Å². The highest BCUT2D eigenvalue weighted by atomic mass is 16.2. The number of aromatic nitrogens is 1. The van der Waals surface area contributed by atoms with E-state index in [0.29, 0.717) is 17.8 Å². The van der Waals surface area contributed by atoms with Crippen molar-refractivity contribution in [1.29, 1.82) is 0 Å². The first-order valence-electron chi connectivity index (χ1n) is 6.21. The predicted molar refractivity (Wildman–Crippen MR) is 77.2 cm³/mol. The lowest BCUT2D eigenvalue weighted by Crippen LogP contribution is -2.31. The highest BCUT2D eigenvalue weighted by Gasteiger charge is 2.17. The van der Waals surface area contributed by atoms with Crippen molar-refractivity contribution in [3.05, 3.63) is 53.9 Å². The Kier molecular flexibility index (Phi) is 3.80. The molecule has 0 spiro atoms. The molecule has 0 atom stereocenters. The number of benzene rings is 1. The maximum atomic E-state index is 12.6.